The third-order valence-corrected chi connectivity index (χ3v) is 6.85. The minimum Gasteiger partial charge on any atom is -0.484 e. The number of nitrogens with one attached hydrogen (secondary N) is 1. The number of rotatable bonds is 13. The lowest BCUT2D eigenvalue weighted by molar-refractivity contribution is 0.0530. The molecule has 32 heavy (non-hydrogen) atoms. The number of likely N-dealkylation sites (N-methyl/N-ethyl adjacent to an activating group) is 1. The van der Waals surface area contributed by atoms with Gasteiger partial charge in [0.2, 0.25) is 10.0 Å². The van der Waals surface area contributed by atoms with Gasteiger partial charge in [-0.2, -0.15) is 0 Å². The Kier molecular flexibility index (Phi) is 9.03. The predicted molar refractivity (Wildman–Crippen MR) is 123 cm³/mol. The van der Waals surface area contributed by atoms with E-state index in [1.807, 2.05) is 26.2 Å². The third-order valence-electron chi connectivity index (χ3n) is 5.37. The maximum atomic E-state index is 12.5. The summed E-state index contributed by atoms with van der Waals surface area (Å²) in [7, 11) is 0.473. The smallest absolute Gasteiger partial charge is 0.240 e. The SMILES string of the molecule is CN(C)[C@H]1Cc2ccccc2[C@@H]1Oc1ccc(S(=O)(=O)NCCOCCOCCN)cc1. The highest BCUT2D eigenvalue weighted by Crippen LogP contribution is 2.37. The molecule has 1 aliphatic carbocycles. The highest BCUT2D eigenvalue weighted by molar-refractivity contribution is 7.89. The molecule has 0 spiro atoms. The Morgan fingerprint density at radius 3 is 2.38 bits per heavy atom. The molecule has 0 heterocycles. The van der Waals surface area contributed by atoms with Crippen LogP contribution in [0.4, 0.5) is 0 Å². The molecule has 0 aliphatic heterocycles. The first-order valence-electron chi connectivity index (χ1n) is 10.8. The zero-order chi connectivity index (χ0) is 23.0. The van der Waals surface area contributed by atoms with E-state index >= 15 is 0 Å². The van der Waals surface area contributed by atoms with Crippen molar-refractivity contribution in [1.29, 1.82) is 0 Å². The van der Waals surface area contributed by atoms with Crippen molar-refractivity contribution in [3.8, 4) is 5.75 Å². The van der Waals surface area contributed by atoms with E-state index in [1.54, 1.807) is 24.3 Å². The fraction of sp³-hybridized carbons (Fsp3) is 0.478. The molecule has 2 aromatic carbocycles. The first-order chi connectivity index (χ1) is 15.4. The third kappa shape index (κ3) is 6.50. The van der Waals surface area contributed by atoms with E-state index in [4.69, 9.17) is 19.9 Å². The topological polar surface area (TPSA) is 103 Å². The number of benzene rings is 2. The Bertz CT molecular complexity index is 950. The summed E-state index contributed by atoms with van der Waals surface area (Å²) in [5.74, 6) is 0.637. The number of nitrogens with two attached hydrogens (primary N) is 1. The maximum Gasteiger partial charge on any atom is 0.240 e. The van der Waals surface area contributed by atoms with E-state index in [9.17, 15) is 8.42 Å². The summed E-state index contributed by atoms with van der Waals surface area (Å²) >= 11 is 0. The van der Waals surface area contributed by atoms with Gasteiger partial charge in [-0.3, -0.25) is 0 Å². The number of hydrogen-bond donors (Lipinski definition) is 2. The van der Waals surface area contributed by atoms with Crippen molar-refractivity contribution in [3.63, 3.8) is 0 Å². The zero-order valence-electron chi connectivity index (χ0n) is 18.7. The van der Waals surface area contributed by atoms with Gasteiger partial charge in [0.15, 0.2) is 0 Å². The Balaban J connectivity index is 1.54. The average molecular weight is 464 g/mol. The van der Waals surface area contributed by atoms with Gasteiger partial charge in [-0.25, -0.2) is 13.1 Å². The second-order valence-corrected chi connectivity index (χ2v) is 9.62. The lowest BCUT2D eigenvalue weighted by atomic mass is 10.1. The number of hydrogen-bond acceptors (Lipinski definition) is 7. The second-order valence-electron chi connectivity index (χ2n) is 7.85. The number of nitrogens with zero attached hydrogens (tertiary/aromatic N) is 1. The van der Waals surface area contributed by atoms with Crippen LogP contribution in [0.25, 0.3) is 0 Å². The van der Waals surface area contributed by atoms with Crippen LogP contribution in [0.2, 0.25) is 0 Å². The van der Waals surface area contributed by atoms with Crippen LogP contribution in [0.3, 0.4) is 0 Å². The average Bonchev–Trinajstić information content (AvgIpc) is 3.15. The molecule has 0 amide bonds. The van der Waals surface area contributed by atoms with Crippen molar-refractivity contribution in [3.05, 3.63) is 59.7 Å². The predicted octanol–water partition coefficient (Wildman–Crippen LogP) is 1.56. The van der Waals surface area contributed by atoms with Crippen LogP contribution < -0.4 is 15.2 Å². The largest absolute Gasteiger partial charge is 0.484 e. The van der Waals surface area contributed by atoms with Crippen molar-refractivity contribution >= 4 is 10.0 Å². The molecule has 0 bridgehead atoms. The molecule has 1 aliphatic rings. The molecule has 2 aromatic rings. The summed E-state index contributed by atoms with van der Waals surface area (Å²) in [5.41, 5.74) is 7.79. The quantitative estimate of drug-likeness (QED) is 0.435. The molecule has 2 atom stereocenters. The molecule has 0 radical (unpaired) electrons. The van der Waals surface area contributed by atoms with Crippen molar-refractivity contribution in [2.75, 3.05) is 53.6 Å². The first-order valence-corrected chi connectivity index (χ1v) is 12.3. The molecule has 9 heteroatoms. The summed E-state index contributed by atoms with van der Waals surface area (Å²) in [4.78, 5) is 2.35. The van der Waals surface area contributed by atoms with Crippen LogP contribution >= 0.6 is 0 Å². The highest BCUT2D eigenvalue weighted by atomic mass is 32.2. The van der Waals surface area contributed by atoms with Gasteiger partial charge in [0.25, 0.3) is 0 Å². The molecule has 176 valence electrons. The van der Waals surface area contributed by atoms with Gasteiger partial charge in [-0.15, -0.1) is 0 Å². The van der Waals surface area contributed by atoms with E-state index in [-0.39, 0.29) is 30.2 Å². The molecular formula is C23H33N3O5S. The van der Waals surface area contributed by atoms with Crippen molar-refractivity contribution < 1.29 is 22.6 Å². The Morgan fingerprint density at radius 1 is 1.00 bits per heavy atom. The fourth-order valence-corrected chi connectivity index (χ4v) is 4.73. The molecule has 0 fully saturated rings. The van der Waals surface area contributed by atoms with Crippen LogP contribution in [0, 0.1) is 0 Å². The molecule has 8 nitrogen and oxygen atoms in total. The fourth-order valence-electron chi connectivity index (χ4n) is 3.71. The van der Waals surface area contributed by atoms with Crippen LogP contribution in [0.5, 0.6) is 5.75 Å². The highest BCUT2D eigenvalue weighted by Gasteiger charge is 2.35. The summed E-state index contributed by atoms with van der Waals surface area (Å²) in [6.45, 7) is 2.23. The van der Waals surface area contributed by atoms with Gasteiger partial charge < -0.3 is 24.8 Å². The van der Waals surface area contributed by atoms with Gasteiger partial charge in [0.05, 0.1) is 37.4 Å². The van der Waals surface area contributed by atoms with E-state index in [0.717, 1.165) is 6.42 Å². The molecule has 0 unspecified atom stereocenters. The van der Waals surface area contributed by atoms with Crippen molar-refractivity contribution in [1.82, 2.24) is 9.62 Å². The number of fused-ring (bicyclic) bond motifs is 1. The standard InChI is InChI=1S/C23H33N3O5S/c1-26(2)22-17-18-5-3-4-6-21(18)23(22)31-19-7-9-20(10-8-19)32(27,28)25-12-14-30-16-15-29-13-11-24/h3-10,22-23,25H,11-17,24H2,1-2H3/t22-,23-/m0/s1. The minimum atomic E-state index is -3.62. The van der Waals surface area contributed by atoms with Gasteiger partial charge in [0.1, 0.15) is 11.9 Å². The molecule has 3 N–H and O–H groups in total. The lowest BCUT2D eigenvalue weighted by Gasteiger charge is -2.27. The first kappa shape index (κ1) is 24.6. The zero-order valence-corrected chi connectivity index (χ0v) is 19.5. The van der Waals surface area contributed by atoms with E-state index in [2.05, 4.69) is 21.8 Å². The van der Waals surface area contributed by atoms with Crippen molar-refractivity contribution in [2.24, 2.45) is 5.73 Å². The second kappa shape index (κ2) is 11.7. The summed E-state index contributed by atoms with van der Waals surface area (Å²) in [6, 6.07) is 15.0. The van der Waals surface area contributed by atoms with Crippen LogP contribution in [-0.4, -0.2) is 73.0 Å². The molecule has 0 saturated heterocycles. The van der Waals surface area contributed by atoms with Gasteiger partial charge in [-0.05, 0) is 55.9 Å². The Labute approximate surface area is 190 Å². The molecule has 0 saturated carbocycles. The molecular weight excluding hydrogens is 430 g/mol. The monoisotopic (exact) mass is 463 g/mol. The number of ether oxygens (including phenoxy) is 3. The summed E-state index contributed by atoms with van der Waals surface area (Å²) in [6.07, 6.45) is 0.818. The molecule has 0 aromatic heterocycles. The molecule has 3 rings (SSSR count). The van der Waals surface area contributed by atoms with Gasteiger partial charge in [-0.1, -0.05) is 24.3 Å². The van der Waals surface area contributed by atoms with Crippen LogP contribution in [0.15, 0.2) is 53.4 Å². The van der Waals surface area contributed by atoms with Gasteiger partial charge in [0, 0.05) is 13.1 Å². The Hall–Kier alpha value is -2.01. The summed E-state index contributed by atoms with van der Waals surface area (Å²) in [5, 5.41) is 0. The van der Waals surface area contributed by atoms with Crippen LogP contribution in [-0.2, 0) is 25.9 Å². The van der Waals surface area contributed by atoms with E-state index in [0.29, 0.717) is 32.1 Å². The van der Waals surface area contributed by atoms with Gasteiger partial charge >= 0.3 is 0 Å². The Morgan fingerprint density at radius 2 is 1.69 bits per heavy atom. The summed E-state index contributed by atoms with van der Waals surface area (Å²) < 4.78 is 44.4. The van der Waals surface area contributed by atoms with Crippen LogP contribution in [0.1, 0.15) is 17.2 Å². The lowest BCUT2D eigenvalue weighted by Crippen LogP contribution is -2.34. The number of sulfonamides is 1. The van der Waals surface area contributed by atoms with Crippen molar-refractivity contribution in [2.45, 2.75) is 23.5 Å². The van der Waals surface area contributed by atoms with E-state index < -0.39 is 10.0 Å². The maximum absolute atomic E-state index is 12.5. The minimum absolute atomic E-state index is 0.104. The van der Waals surface area contributed by atoms with E-state index in [1.165, 1.54) is 11.1 Å². The normalized spacial score (nSPS) is 18.1.